The molecular weight excluding hydrogens is 332 g/mol. The predicted molar refractivity (Wildman–Crippen MR) is 114 cm³/mol. The number of benzene rings is 3. The molecule has 0 amide bonds. The highest BCUT2D eigenvalue weighted by Gasteiger charge is 2.29. The van der Waals surface area contributed by atoms with Gasteiger partial charge in [0.05, 0.1) is 6.61 Å². The van der Waals surface area contributed by atoms with Gasteiger partial charge < -0.3 is 5.11 Å². The van der Waals surface area contributed by atoms with Crippen molar-refractivity contribution in [3.8, 4) is 11.1 Å². The van der Waals surface area contributed by atoms with Crippen molar-refractivity contribution >= 4 is 18.5 Å². The topological polar surface area (TPSA) is 20.2 Å². The third-order valence-corrected chi connectivity index (χ3v) is 8.20. The third-order valence-electron chi connectivity index (χ3n) is 4.74. The van der Waals surface area contributed by atoms with Crippen molar-refractivity contribution in [2.75, 3.05) is 6.61 Å². The molecule has 0 aromatic heterocycles. The van der Waals surface area contributed by atoms with E-state index in [9.17, 15) is 5.11 Å². The molecule has 0 aliphatic heterocycles. The summed E-state index contributed by atoms with van der Waals surface area (Å²) >= 11 is 0. The van der Waals surface area contributed by atoms with Gasteiger partial charge >= 0.3 is 0 Å². The van der Waals surface area contributed by atoms with E-state index in [2.05, 4.69) is 97.7 Å². The molecule has 0 heterocycles. The monoisotopic (exact) mass is 356 g/mol. The molecular formula is C24H24OSi. The maximum Gasteiger partial charge on any atom is 0.122 e. The molecule has 0 atom stereocenters. The summed E-state index contributed by atoms with van der Waals surface area (Å²) in [6, 6.07) is 29.7. The van der Waals surface area contributed by atoms with Gasteiger partial charge in [-0.3, -0.25) is 0 Å². The smallest absolute Gasteiger partial charge is 0.122 e. The van der Waals surface area contributed by atoms with Gasteiger partial charge in [-0.1, -0.05) is 103 Å². The van der Waals surface area contributed by atoms with Crippen molar-refractivity contribution < 1.29 is 5.11 Å². The lowest BCUT2D eigenvalue weighted by Gasteiger charge is -2.25. The Balaban J connectivity index is 2.03. The SMILES string of the molecule is C[Si](C)(C(=C=CCO)c1ccc(-c2ccccc2)cc1)c1ccccc1. The minimum atomic E-state index is -1.92. The lowest BCUT2D eigenvalue weighted by atomic mass is 10.0. The summed E-state index contributed by atoms with van der Waals surface area (Å²) in [5.74, 6) is 0. The lowest BCUT2D eigenvalue weighted by Crippen LogP contribution is -2.42. The average Bonchev–Trinajstić information content (AvgIpc) is 2.70. The molecule has 0 unspecified atom stereocenters. The largest absolute Gasteiger partial charge is 0.392 e. The molecule has 0 fully saturated rings. The van der Waals surface area contributed by atoms with Crippen molar-refractivity contribution in [1.29, 1.82) is 0 Å². The second-order valence-electron chi connectivity index (χ2n) is 6.84. The van der Waals surface area contributed by atoms with Crippen molar-refractivity contribution in [2.45, 2.75) is 13.1 Å². The molecule has 0 aliphatic rings. The van der Waals surface area contributed by atoms with Crippen LogP contribution in [0.25, 0.3) is 16.3 Å². The van der Waals surface area contributed by atoms with Crippen LogP contribution in [0.15, 0.2) is 96.7 Å². The van der Waals surface area contributed by atoms with Crippen LogP contribution in [-0.4, -0.2) is 19.8 Å². The van der Waals surface area contributed by atoms with Gasteiger partial charge in [0.2, 0.25) is 0 Å². The minimum Gasteiger partial charge on any atom is -0.392 e. The molecule has 1 N–H and O–H groups in total. The van der Waals surface area contributed by atoms with E-state index in [0.29, 0.717) is 0 Å². The van der Waals surface area contributed by atoms with E-state index in [4.69, 9.17) is 0 Å². The van der Waals surface area contributed by atoms with Gasteiger partial charge in [0.25, 0.3) is 0 Å². The van der Waals surface area contributed by atoms with Gasteiger partial charge in [-0.15, -0.1) is 5.73 Å². The van der Waals surface area contributed by atoms with Crippen LogP contribution < -0.4 is 5.19 Å². The first-order valence-corrected chi connectivity index (χ1v) is 11.9. The molecule has 130 valence electrons. The molecule has 3 aromatic carbocycles. The molecule has 0 aliphatic carbocycles. The fourth-order valence-corrected chi connectivity index (χ4v) is 5.90. The van der Waals surface area contributed by atoms with E-state index < -0.39 is 8.07 Å². The quantitative estimate of drug-likeness (QED) is 0.502. The van der Waals surface area contributed by atoms with Gasteiger partial charge in [0, 0.05) is 0 Å². The van der Waals surface area contributed by atoms with E-state index in [1.807, 2.05) is 6.07 Å². The van der Waals surface area contributed by atoms with Crippen molar-refractivity contribution in [2.24, 2.45) is 0 Å². The van der Waals surface area contributed by atoms with Gasteiger partial charge in [0.15, 0.2) is 0 Å². The Kier molecular flexibility index (Phi) is 5.70. The van der Waals surface area contributed by atoms with Gasteiger partial charge in [-0.25, -0.2) is 0 Å². The lowest BCUT2D eigenvalue weighted by molar-refractivity contribution is 0.343. The fourth-order valence-electron chi connectivity index (χ4n) is 3.23. The van der Waals surface area contributed by atoms with Gasteiger partial charge in [-0.05, 0) is 28.0 Å². The maximum absolute atomic E-state index is 9.28. The average molecular weight is 357 g/mol. The zero-order valence-corrected chi connectivity index (χ0v) is 16.3. The van der Waals surface area contributed by atoms with Crippen LogP contribution in [0.4, 0.5) is 0 Å². The Labute approximate surface area is 157 Å². The molecule has 0 bridgehead atoms. The third kappa shape index (κ3) is 3.95. The minimum absolute atomic E-state index is 0.00483. The number of aliphatic hydroxyl groups is 1. The van der Waals surface area contributed by atoms with E-state index in [0.717, 1.165) is 0 Å². The highest BCUT2D eigenvalue weighted by Crippen LogP contribution is 2.27. The number of hydrogen-bond donors (Lipinski definition) is 1. The number of hydrogen-bond acceptors (Lipinski definition) is 1. The molecule has 0 spiro atoms. The summed E-state index contributed by atoms with van der Waals surface area (Å²) in [5, 5.41) is 11.8. The molecule has 2 heteroatoms. The van der Waals surface area contributed by atoms with Gasteiger partial charge in [-0.2, -0.15) is 0 Å². The van der Waals surface area contributed by atoms with E-state index in [-0.39, 0.29) is 6.61 Å². The molecule has 1 nitrogen and oxygen atoms in total. The van der Waals surface area contributed by atoms with Crippen LogP contribution in [0.2, 0.25) is 13.1 Å². The molecule has 0 saturated heterocycles. The maximum atomic E-state index is 9.28. The normalized spacial score (nSPS) is 10.9. The summed E-state index contributed by atoms with van der Waals surface area (Å²) in [6.07, 6.45) is 1.72. The van der Waals surface area contributed by atoms with Crippen molar-refractivity contribution in [3.05, 3.63) is 102 Å². The van der Waals surface area contributed by atoms with Crippen LogP contribution in [0, 0.1) is 0 Å². The summed E-state index contributed by atoms with van der Waals surface area (Å²) in [6.45, 7) is 4.67. The first kappa shape index (κ1) is 18.2. The standard InChI is InChI=1S/C24H24OSi/c1-26(2,23-12-7-4-8-13-23)24(14-9-19-25)22-17-15-21(16-18-22)20-10-5-3-6-11-20/h3-13,15-18,25H,19H2,1-2H3. The zero-order chi connectivity index (χ0) is 18.4. The Morgan fingerprint density at radius 3 is 1.92 bits per heavy atom. The van der Waals surface area contributed by atoms with Crippen LogP contribution in [0.5, 0.6) is 0 Å². The van der Waals surface area contributed by atoms with E-state index in [1.54, 1.807) is 6.08 Å². The zero-order valence-electron chi connectivity index (χ0n) is 15.3. The molecule has 3 aromatic rings. The molecule has 0 saturated carbocycles. The first-order chi connectivity index (χ1) is 12.6. The second kappa shape index (κ2) is 8.16. The first-order valence-electron chi connectivity index (χ1n) is 8.91. The highest BCUT2D eigenvalue weighted by atomic mass is 28.3. The summed E-state index contributed by atoms with van der Waals surface area (Å²) in [7, 11) is -1.92. The van der Waals surface area contributed by atoms with Crippen LogP contribution in [0.3, 0.4) is 0 Å². The Morgan fingerprint density at radius 1 is 0.808 bits per heavy atom. The van der Waals surface area contributed by atoms with Crippen molar-refractivity contribution in [1.82, 2.24) is 0 Å². The molecule has 26 heavy (non-hydrogen) atoms. The summed E-state index contributed by atoms with van der Waals surface area (Å²) in [5.41, 5.74) is 6.99. The Bertz CT molecular complexity index is 903. The second-order valence-corrected chi connectivity index (χ2v) is 11.2. The summed E-state index contributed by atoms with van der Waals surface area (Å²) < 4.78 is 0. The van der Waals surface area contributed by atoms with Crippen LogP contribution in [-0.2, 0) is 0 Å². The van der Waals surface area contributed by atoms with Crippen molar-refractivity contribution in [3.63, 3.8) is 0 Å². The molecule has 0 radical (unpaired) electrons. The predicted octanol–water partition coefficient (Wildman–Crippen LogP) is 5.04. The van der Waals surface area contributed by atoms with Gasteiger partial charge in [0.1, 0.15) is 8.07 Å². The van der Waals surface area contributed by atoms with E-state index >= 15 is 0 Å². The Morgan fingerprint density at radius 2 is 1.35 bits per heavy atom. The number of aliphatic hydroxyl groups excluding tert-OH is 1. The Hall–Kier alpha value is -2.64. The number of rotatable bonds is 5. The summed E-state index contributed by atoms with van der Waals surface area (Å²) in [4.78, 5) is 0. The fraction of sp³-hybridized carbons (Fsp3) is 0.125. The van der Waals surface area contributed by atoms with E-state index in [1.165, 1.54) is 27.1 Å². The van der Waals surface area contributed by atoms with Crippen LogP contribution >= 0.6 is 0 Å². The van der Waals surface area contributed by atoms with Crippen LogP contribution in [0.1, 0.15) is 5.56 Å². The highest BCUT2D eigenvalue weighted by molar-refractivity contribution is 7.04. The molecule has 3 rings (SSSR count).